The number of nitrogens with one attached hydrogen (secondary N) is 1. The summed E-state index contributed by atoms with van der Waals surface area (Å²) < 4.78 is 0.967. The lowest BCUT2D eigenvalue weighted by atomic mass is 10.1. The smallest absolute Gasteiger partial charge is 0.282 e. The molecule has 0 aliphatic carbocycles. The molecular formula is C17H12BrN3O3S. The fourth-order valence-electron chi connectivity index (χ4n) is 2.31. The number of aryl methyl sites for hydroxylation is 1. The van der Waals surface area contributed by atoms with Crippen molar-refractivity contribution in [3.05, 3.63) is 73.6 Å². The van der Waals surface area contributed by atoms with Crippen LogP contribution in [0.4, 0.5) is 10.8 Å². The van der Waals surface area contributed by atoms with E-state index in [1.54, 1.807) is 6.07 Å². The molecule has 3 rings (SSSR count). The minimum atomic E-state index is -0.574. The molecule has 0 bridgehead atoms. The van der Waals surface area contributed by atoms with Crippen LogP contribution in [-0.2, 0) is 0 Å². The first kappa shape index (κ1) is 17.2. The number of nitrogens with zero attached hydrogens (tertiary/aromatic N) is 2. The van der Waals surface area contributed by atoms with E-state index >= 15 is 0 Å². The molecule has 25 heavy (non-hydrogen) atoms. The van der Waals surface area contributed by atoms with Crippen molar-refractivity contribution in [1.29, 1.82) is 0 Å². The highest BCUT2D eigenvalue weighted by molar-refractivity contribution is 9.10. The molecule has 0 saturated carbocycles. The van der Waals surface area contributed by atoms with E-state index in [1.807, 2.05) is 31.2 Å². The molecule has 1 N–H and O–H groups in total. The maximum absolute atomic E-state index is 12.4. The van der Waals surface area contributed by atoms with Crippen molar-refractivity contribution in [2.75, 3.05) is 5.32 Å². The van der Waals surface area contributed by atoms with Crippen LogP contribution in [-0.4, -0.2) is 15.8 Å². The number of carbonyl (C=O) groups is 1. The number of hydrogen-bond donors (Lipinski definition) is 1. The third kappa shape index (κ3) is 3.75. The number of halogens is 1. The number of para-hydroxylation sites is 1. The molecule has 6 nitrogen and oxygen atoms in total. The predicted octanol–water partition coefficient (Wildman–Crippen LogP) is 5.04. The summed E-state index contributed by atoms with van der Waals surface area (Å²) in [6.45, 7) is 1.91. The summed E-state index contributed by atoms with van der Waals surface area (Å²) in [5.41, 5.74) is 1.48. The largest absolute Gasteiger partial charge is 0.298 e. The van der Waals surface area contributed by atoms with Crippen molar-refractivity contribution in [2.45, 2.75) is 6.92 Å². The molecule has 1 aromatic heterocycles. The van der Waals surface area contributed by atoms with Gasteiger partial charge < -0.3 is 0 Å². The van der Waals surface area contributed by atoms with E-state index in [-0.39, 0.29) is 11.3 Å². The first-order valence-corrected chi connectivity index (χ1v) is 8.85. The van der Waals surface area contributed by atoms with Gasteiger partial charge in [0.05, 0.1) is 10.6 Å². The number of rotatable bonds is 4. The van der Waals surface area contributed by atoms with Crippen LogP contribution in [0.3, 0.4) is 0 Å². The molecule has 1 heterocycles. The predicted molar refractivity (Wildman–Crippen MR) is 101 cm³/mol. The third-order valence-corrected chi connectivity index (χ3v) is 4.89. The Bertz CT molecular complexity index is 954. The molecule has 126 valence electrons. The van der Waals surface area contributed by atoms with Gasteiger partial charge in [-0.2, -0.15) is 0 Å². The van der Waals surface area contributed by atoms with Crippen molar-refractivity contribution >= 4 is 44.0 Å². The van der Waals surface area contributed by atoms with Crippen molar-refractivity contribution in [3.63, 3.8) is 0 Å². The van der Waals surface area contributed by atoms with E-state index in [1.165, 1.54) is 29.5 Å². The number of hydrogen-bond acceptors (Lipinski definition) is 5. The van der Waals surface area contributed by atoms with Gasteiger partial charge in [0.25, 0.3) is 11.6 Å². The molecular weight excluding hydrogens is 406 g/mol. The summed E-state index contributed by atoms with van der Waals surface area (Å²) in [4.78, 5) is 28.3. The fraction of sp³-hybridized carbons (Fsp3) is 0.0588. The minimum absolute atomic E-state index is 0.00513. The van der Waals surface area contributed by atoms with Gasteiger partial charge in [0.15, 0.2) is 5.13 Å². The van der Waals surface area contributed by atoms with Crippen LogP contribution in [0.2, 0.25) is 0 Å². The second-order valence-corrected chi connectivity index (χ2v) is 7.28. The van der Waals surface area contributed by atoms with Gasteiger partial charge >= 0.3 is 0 Å². The maximum atomic E-state index is 12.4. The molecule has 0 spiro atoms. The van der Waals surface area contributed by atoms with Crippen LogP contribution in [0.5, 0.6) is 0 Å². The van der Waals surface area contributed by atoms with Gasteiger partial charge in [0.2, 0.25) is 0 Å². The molecule has 0 radical (unpaired) electrons. The lowest BCUT2D eigenvalue weighted by molar-refractivity contribution is -0.385. The van der Waals surface area contributed by atoms with Crippen LogP contribution in [0.15, 0.2) is 53.0 Å². The Morgan fingerprint density at radius 3 is 2.56 bits per heavy atom. The van der Waals surface area contributed by atoms with E-state index in [2.05, 4.69) is 26.2 Å². The molecule has 0 atom stereocenters. The van der Waals surface area contributed by atoms with E-state index in [4.69, 9.17) is 0 Å². The van der Waals surface area contributed by atoms with E-state index in [0.717, 1.165) is 20.6 Å². The molecule has 8 heteroatoms. The average Bonchev–Trinajstić information content (AvgIpc) is 2.95. The molecule has 3 aromatic rings. The Morgan fingerprint density at radius 1 is 1.20 bits per heavy atom. The molecule has 0 aliphatic rings. The second-order valence-electron chi connectivity index (χ2n) is 5.16. The monoisotopic (exact) mass is 417 g/mol. The quantitative estimate of drug-likeness (QED) is 0.475. The summed E-state index contributed by atoms with van der Waals surface area (Å²) in [6.07, 6.45) is 0. The molecule has 0 unspecified atom stereocenters. The summed E-state index contributed by atoms with van der Waals surface area (Å²) >= 11 is 4.71. The first-order chi connectivity index (χ1) is 12.0. The van der Waals surface area contributed by atoms with Crippen molar-refractivity contribution < 1.29 is 9.72 Å². The van der Waals surface area contributed by atoms with Crippen molar-refractivity contribution in [1.82, 2.24) is 4.98 Å². The Labute approximate surface area is 155 Å². The Morgan fingerprint density at radius 2 is 1.88 bits per heavy atom. The van der Waals surface area contributed by atoms with Gasteiger partial charge in [-0.3, -0.25) is 20.2 Å². The number of nitro groups is 1. The summed E-state index contributed by atoms with van der Waals surface area (Å²) in [5, 5.41) is 14.1. The molecule has 0 saturated heterocycles. The topological polar surface area (TPSA) is 85.1 Å². The Kier molecular flexibility index (Phi) is 4.91. The fourth-order valence-corrected chi connectivity index (χ4v) is 3.41. The highest BCUT2D eigenvalue weighted by Crippen LogP contribution is 2.31. The number of thiazole rings is 1. The zero-order chi connectivity index (χ0) is 18.0. The van der Waals surface area contributed by atoms with Gasteiger partial charge in [0, 0.05) is 21.0 Å². The van der Waals surface area contributed by atoms with Gasteiger partial charge in [-0.25, -0.2) is 4.98 Å². The molecule has 0 aliphatic heterocycles. The van der Waals surface area contributed by atoms with Crippen LogP contribution in [0.25, 0.3) is 11.3 Å². The highest BCUT2D eigenvalue weighted by atomic mass is 79.9. The van der Waals surface area contributed by atoms with Gasteiger partial charge in [-0.05, 0) is 25.1 Å². The van der Waals surface area contributed by atoms with Crippen molar-refractivity contribution in [3.8, 4) is 11.3 Å². The maximum Gasteiger partial charge on any atom is 0.282 e. The molecule has 0 fully saturated rings. The summed E-state index contributed by atoms with van der Waals surface area (Å²) in [5.74, 6) is -0.552. The van der Waals surface area contributed by atoms with E-state index in [9.17, 15) is 14.9 Å². The van der Waals surface area contributed by atoms with E-state index in [0.29, 0.717) is 5.13 Å². The molecule has 2 aromatic carbocycles. The van der Waals surface area contributed by atoms with Crippen molar-refractivity contribution in [2.24, 2.45) is 0 Å². The normalized spacial score (nSPS) is 10.5. The zero-order valence-corrected chi connectivity index (χ0v) is 15.4. The standard InChI is InChI=1S/C17H12BrN3O3S/c1-10-15(11-6-8-12(18)9-7-11)19-17(25-10)20-16(22)13-4-2-3-5-14(13)21(23)24/h2-9H,1H3,(H,19,20,22). The van der Waals surface area contributed by atoms with Crippen LogP contribution in [0.1, 0.15) is 15.2 Å². The van der Waals surface area contributed by atoms with Gasteiger partial charge in [-0.1, -0.05) is 40.2 Å². The van der Waals surface area contributed by atoms with Crippen LogP contribution < -0.4 is 5.32 Å². The molecule has 1 amide bonds. The van der Waals surface area contributed by atoms with Crippen LogP contribution in [0, 0.1) is 17.0 Å². The first-order valence-electron chi connectivity index (χ1n) is 7.24. The number of benzene rings is 2. The number of carbonyl (C=O) groups excluding carboxylic acids is 1. The number of anilines is 1. The summed E-state index contributed by atoms with van der Waals surface area (Å²) in [6, 6.07) is 13.5. The minimum Gasteiger partial charge on any atom is -0.298 e. The number of nitro benzene ring substituents is 1. The zero-order valence-electron chi connectivity index (χ0n) is 13.0. The number of amides is 1. The van der Waals surface area contributed by atoms with Gasteiger partial charge in [-0.15, -0.1) is 11.3 Å². The lowest BCUT2D eigenvalue weighted by Gasteiger charge is -2.02. The van der Waals surface area contributed by atoms with Crippen LogP contribution >= 0.6 is 27.3 Å². The summed E-state index contributed by atoms with van der Waals surface area (Å²) in [7, 11) is 0. The third-order valence-electron chi connectivity index (χ3n) is 3.48. The SMILES string of the molecule is Cc1sc(NC(=O)c2ccccc2[N+](=O)[O-])nc1-c1ccc(Br)cc1. The highest BCUT2D eigenvalue weighted by Gasteiger charge is 2.20. The lowest BCUT2D eigenvalue weighted by Crippen LogP contribution is -2.13. The van der Waals surface area contributed by atoms with E-state index < -0.39 is 10.8 Å². The Balaban J connectivity index is 1.87. The second kappa shape index (κ2) is 7.12. The average molecular weight is 418 g/mol. The number of aromatic nitrogens is 1. The Hall–Kier alpha value is -2.58. The van der Waals surface area contributed by atoms with Gasteiger partial charge in [0.1, 0.15) is 5.56 Å².